The van der Waals surface area contributed by atoms with E-state index >= 15 is 0 Å². The van der Waals surface area contributed by atoms with Crippen LogP contribution < -0.4 is 0 Å². The summed E-state index contributed by atoms with van der Waals surface area (Å²) in [7, 11) is -8.11. The first kappa shape index (κ1) is 33.1. The Kier molecular flexibility index (Phi) is 14.0. The third-order valence-corrected chi connectivity index (χ3v) is 7.37. The van der Waals surface area contributed by atoms with Crippen LogP contribution in [0, 0.1) is 20.2 Å². The van der Waals surface area contributed by atoms with Crippen LogP contribution in [0.5, 0.6) is 0 Å². The lowest BCUT2D eigenvalue weighted by atomic mass is 10.3. The average molecular weight is 609 g/mol. The molecule has 18 heteroatoms. The zero-order valence-electron chi connectivity index (χ0n) is 21.1. The van der Waals surface area contributed by atoms with E-state index in [0.29, 0.717) is 0 Å². The van der Waals surface area contributed by atoms with Gasteiger partial charge in [0.1, 0.15) is 0 Å². The van der Waals surface area contributed by atoms with Gasteiger partial charge in [0.15, 0.2) is 0 Å². The molecule has 0 aliphatic rings. The second kappa shape index (κ2) is 16.9. The van der Waals surface area contributed by atoms with Crippen LogP contribution in [0.4, 0.5) is 11.4 Å². The van der Waals surface area contributed by atoms with Crippen LogP contribution in [0.3, 0.4) is 0 Å². The quantitative estimate of drug-likeness (QED) is 0.0854. The van der Waals surface area contributed by atoms with Crippen molar-refractivity contribution in [1.29, 1.82) is 0 Å². The summed E-state index contributed by atoms with van der Waals surface area (Å²) in [5.74, 6) is 0. The smallest absolute Gasteiger partial charge is 0.297 e. The highest BCUT2D eigenvalue weighted by Gasteiger charge is 2.18. The van der Waals surface area contributed by atoms with Crippen LogP contribution in [-0.2, 0) is 47.5 Å². The van der Waals surface area contributed by atoms with Crippen LogP contribution >= 0.6 is 0 Å². The summed E-state index contributed by atoms with van der Waals surface area (Å²) in [6.07, 6.45) is 0. The number of nitro benzene ring substituents is 2. The van der Waals surface area contributed by atoms with Crippen molar-refractivity contribution in [2.75, 3.05) is 66.1 Å². The number of rotatable bonds is 21. The Morgan fingerprint density at radius 3 is 0.975 bits per heavy atom. The zero-order valence-corrected chi connectivity index (χ0v) is 22.7. The van der Waals surface area contributed by atoms with Gasteiger partial charge in [0.05, 0.1) is 85.7 Å². The molecule has 0 N–H and O–H groups in total. The van der Waals surface area contributed by atoms with Crippen molar-refractivity contribution in [1.82, 2.24) is 0 Å². The molecule has 0 bridgehead atoms. The van der Waals surface area contributed by atoms with E-state index < -0.39 is 30.1 Å². The zero-order chi connectivity index (χ0) is 29.4. The minimum absolute atomic E-state index is 0.0116. The fourth-order valence-electron chi connectivity index (χ4n) is 2.77. The SMILES string of the molecule is O=[N+]([O-])c1ccc(S(=O)(=O)OCCOCCOCCOCCOCCOS(=O)(=O)c2ccc([N+](=O)[O-])cc2)cc1. The van der Waals surface area contributed by atoms with Crippen molar-refractivity contribution < 1.29 is 54.0 Å². The topological polar surface area (TPSA) is 210 Å². The maximum absolute atomic E-state index is 12.0. The number of nitro groups is 2. The third-order valence-electron chi connectivity index (χ3n) is 4.72. The molecule has 0 unspecified atom stereocenters. The van der Waals surface area contributed by atoms with Gasteiger partial charge >= 0.3 is 0 Å². The molecule has 0 saturated heterocycles. The molecule has 0 aliphatic heterocycles. The minimum Gasteiger partial charge on any atom is -0.377 e. The van der Waals surface area contributed by atoms with Crippen LogP contribution in [0.25, 0.3) is 0 Å². The van der Waals surface area contributed by atoms with Gasteiger partial charge in [-0.2, -0.15) is 16.8 Å². The molecule has 16 nitrogen and oxygen atoms in total. The van der Waals surface area contributed by atoms with E-state index in [4.69, 9.17) is 27.3 Å². The van der Waals surface area contributed by atoms with Gasteiger partial charge in [-0.05, 0) is 24.3 Å². The maximum atomic E-state index is 12.0. The van der Waals surface area contributed by atoms with Gasteiger partial charge in [-0.1, -0.05) is 0 Å². The summed E-state index contributed by atoms with van der Waals surface area (Å²) in [5.41, 5.74) is -0.470. The molecule has 2 aromatic rings. The minimum atomic E-state index is -4.06. The van der Waals surface area contributed by atoms with E-state index in [2.05, 4.69) is 0 Å². The van der Waals surface area contributed by atoms with Crippen molar-refractivity contribution in [2.45, 2.75) is 9.79 Å². The lowest BCUT2D eigenvalue weighted by molar-refractivity contribution is -0.385. The van der Waals surface area contributed by atoms with Crippen molar-refractivity contribution in [3.05, 3.63) is 68.8 Å². The molecular formula is C22H28N2O14S2. The third kappa shape index (κ3) is 12.0. The molecule has 0 spiro atoms. The molecule has 0 radical (unpaired) electrons. The van der Waals surface area contributed by atoms with Gasteiger partial charge < -0.3 is 18.9 Å². The summed E-state index contributed by atoms with van der Waals surface area (Å²) in [4.78, 5) is 19.6. The van der Waals surface area contributed by atoms with Crippen molar-refractivity contribution in [2.24, 2.45) is 0 Å². The Labute approximate surface area is 230 Å². The first-order valence-corrected chi connectivity index (χ1v) is 14.4. The van der Waals surface area contributed by atoms with Crippen LogP contribution in [0.1, 0.15) is 0 Å². The van der Waals surface area contributed by atoms with E-state index in [1.54, 1.807) is 0 Å². The first-order valence-electron chi connectivity index (χ1n) is 11.6. The maximum Gasteiger partial charge on any atom is 0.297 e. The van der Waals surface area contributed by atoms with Gasteiger partial charge in [0.2, 0.25) is 0 Å². The molecule has 0 saturated carbocycles. The predicted molar refractivity (Wildman–Crippen MR) is 136 cm³/mol. The second-order valence-corrected chi connectivity index (χ2v) is 10.7. The molecule has 2 rings (SSSR count). The average Bonchev–Trinajstić information content (AvgIpc) is 2.92. The fraction of sp³-hybridized carbons (Fsp3) is 0.455. The van der Waals surface area contributed by atoms with Crippen LogP contribution in [-0.4, -0.2) is 92.8 Å². The largest absolute Gasteiger partial charge is 0.377 e. The number of nitrogens with zero attached hydrogens (tertiary/aromatic N) is 2. The highest BCUT2D eigenvalue weighted by molar-refractivity contribution is 7.87. The van der Waals surface area contributed by atoms with Gasteiger partial charge in [-0.15, -0.1) is 0 Å². The number of hydrogen-bond donors (Lipinski definition) is 0. The molecular weight excluding hydrogens is 580 g/mol. The Morgan fingerprint density at radius 2 is 0.725 bits per heavy atom. The van der Waals surface area contributed by atoms with Crippen molar-refractivity contribution in [3.8, 4) is 0 Å². The lowest BCUT2D eigenvalue weighted by Crippen LogP contribution is -2.15. The molecule has 222 valence electrons. The standard InChI is InChI=1S/C22H28N2O14S2/c25-23(26)19-1-5-21(6-2-19)39(29,30)37-17-15-35-13-11-33-9-10-34-12-14-36-16-18-38-40(31,32)22-7-3-20(4-8-22)24(27)28/h1-8H,9-18H2. The van der Waals surface area contributed by atoms with Crippen molar-refractivity contribution >= 4 is 31.6 Å². The highest BCUT2D eigenvalue weighted by atomic mass is 32.2. The fourth-order valence-corrected chi connectivity index (χ4v) is 4.56. The number of benzene rings is 2. The van der Waals surface area contributed by atoms with Crippen LogP contribution in [0.15, 0.2) is 58.3 Å². The highest BCUT2D eigenvalue weighted by Crippen LogP contribution is 2.18. The first-order chi connectivity index (χ1) is 19.0. The molecule has 40 heavy (non-hydrogen) atoms. The van der Waals surface area contributed by atoms with E-state index in [0.717, 1.165) is 48.5 Å². The Balaban J connectivity index is 1.41. The second-order valence-electron chi connectivity index (χ2n) is 7.50. The number of ether oxygens (including phenoxy) is 4. The predicted octanol–water partition coefficient (Wildman–Crippen LogP) is 1.68. The summed E-state index contributed by atoms with van der Waals surface area (Å²) < 4.78 is 78.8. The van der Waals surface area contributed by atoms with Gasteiger partial charge in [0.25, 0.3) is 31.6 Å². The Morgan fingerprint density at radius 1 is 0.475 bits per heavy atom. The molecule has 0 atom stereocenters. The van der Waals surface area contributed by atoms with Gasteiger partial charge in [0, 0.05) is 24.3 Å². The molecule has 2 aromatic carbocycles. The molecule has 0 amide bonds. The van der Waals surface area contributed by atoms with E-state index in [1.165, 1.54) is 0 Å². The number of hydrogen-bond acceptors (Lipinski definition) is 14. The normalized spacial score (nSPS) is 11.9. The summed E-state index contributed by atoms with van der Waals surface area (Å²) in [6.45, 7) is 0.873. The van der Waals surface area contributed by atoms with E-state index in [1.807, 2.05) is 0 Å². The van der Waals surface area contributed by atoms with Gasteiger partial charge in [-0.3, -0.25) is 28.6 Å². The molecule has 0 heterocycles. The Hall–Kier alpha value is -3.10. The monoisotopic (exact) mass is 608 g/mol. The summed E-state index contributed by atoms with van der Waals surface area (Å²) >= 11 is 0. The van der Waals surface area contributed by atoms with E-state index in [9.17, 15) is 37.1 Å². The molecule has 0 aliphatic carbocycles. The number of non-ortho nitro benzene ring substituents is 2. The van der Waals surface area contributed by atoms with Crippen LogP contribution in [0.2, 0.25) is 0 Å². The summed E-state index contributed by atoms with van der Waals surface area (Å²) in [6, 6.07) is 8.63. The Bertz CT molecular complexity index is 1180. The van der Waals surface area contributed by atoms with Gasteiger partial charge in [-0.25, -0.2) is 0 Å². The van der Waals surface area contributed by atoms with E-state index in [-0.39, 0.29) is 87.2 Å². The van der Waals surface area contributed by atoms with Crippen molar-refractivity contribution in [3.63, 3.8) is 0 Å². The summed E-state index contributed by atoms with van der Waals surface area (Å²) in [5, 5.41) is 21.2. The lowest BCUT2D eigenvalue weighted by Gasteiger charge is -2.08. The molecule has 0 aromatic heterocycles. The molecule has 0 fully saturated rings.